The lowest BCUT2D eigenvalue weighted by Gasteiger charge is -2.37. The van der Waals surface area contributed by atoms with Crippen LogP contribution >= 0.6 is 15.9 Å². The lowest BCUT2D eigenvalue weighted by atomic mass is 9.94. The van der Waals surface area contributed by atoms with Gasteiger partial charge in [0.25, 0.3) is 11.8 Å². The summed E-state index contributed by atoms with van der Waals surface area (Å²) in [5.41, 5.74) is 2.64. The second-order valence-corrected chi connectivity index (χ2v) is 13.5. The van der Waals surface area contributed by atoms with E-state index in [1.807, 2.05) is 21.6 Å². The van der Waals surface area contributed by atoms with Crippen LogP contribution in [0.25, 0.3) is 5.57 Å². The van der Waals surface area contributed by atoms with E-state index in [-0.39, 0.29) is 47.5 Å². The lowest BCUT2D eigenvalue weighted by molar-refractivity contribution is -0.131. The molecule has 0 aromatic heterocycles. The highest BCUT2D eigenvalue weighted by Gasteiger charge is 2.41. The zero-order valence-electron chi connectivity index (χ0n) is 25.8. The quantitative estimate of drug-likeness (QED) is 0.276. The number of hydrogen-bond donors (Lipinski definition) is 1. The molecular formula is C35H39BrN4O5. The van der Waals surface area contributed by atoms with Crippen molar-refractivity contribution in [3.05, 3.63) is 69.2 Å². The first-order valence-electron chi connectivity index (χ1n) is 16.1. The molecule has 45 heavy (non-hydrogen) atoms. The third-order valence-electron chi connectivity index (χ3n) is 9.84. The average molecular weight is 676 g/mol. The van der Waals surface area contributed by atoms with Gasteiger partial charge in [-0.05, 0) is 75.8 Å². The summed E-state index contributed by atoms with van der Waals surface area (Å²) < 4.78 is 0.860. The van der Waals surface area contributed by atoms with Gasteiger partial charge in [0.2, 0.25) is 11.8 Å². The summed E-state index contributed by atoms with van der Waals surface area (Å²) in [7, 11) is 0. The fraction of sp³-hybridized carbons (Fsp3) is 0.457. The highest BCUT2D eigenvalue weighted by atomic mass is 79.9. The molecule has 0 spiro atoms. The highest BCUT2D eigenvalue weighted by Crippen LogP contribution is 2.41. The van der Waals surface area contributed by atoms with Gasteiger partial charge in [0, 0.05) is 77.3 Å². The monoisotopic (exact) mass is 674 g/mol. The molecule has 3 saturated heterocycles. The van der Waals surface area contributed by atoms with Crippen LogP contribution in [0.2, 0.25) is 0 Å². The van der Waals surface area contributed by atoms with E-state index in [1.165, 1.54) is 0 Å². The van der Waals surface area contributed by atoms with E-state index < -0.39 is 0 Å². The van der Waals surface area contributed by atoms with Crippen LogP contribution in [0, 0.1) is 0 Å². The zero-order valence-corrected chi connectivity index (χ0v) is 27.4. The molecule has 4 aliphatic rings. The summed E-state index contributed by atoms with van der Waals surface area (Å²) in [4.78, 5) is 72.2. The Morgan fingerprint density at radius 1 is 0.844 bits per heavy atom. The van der Waals surface area contributed by atoms with Crippen LogP contribution in [-0.4, -0.2) is 81.9 Å². The van der Waals surface area contributed by atoms with Crippen molar-refractivity contribution in [3.8, 4) is 0 Å². The Kier molecular flexibility index (Phi) is 8.95. The third kappa shape index (κ3) is 5.96. The average Bonchev–Trinajstić information content (AvgIpc) is 3.81. The molecule has 2 aromatic rings. The van der Waals surface area contributed by atoms with Gasteiger partial charge in [0.1, 0.15) is 0 Å². The lowest BCUT2D eigenvalue weighted by Crippen LogP contribution is -2.47. The molecule has 0 bridgehead atoms. The topological polar surface area (TPSA) is 107 Å². The van der Waals surface area contributed by atoms with E-state index >= 15 is 0 Å². The molecule has 10 heteroatoms. The van der Waals surface area contributed by atoms with Crippen LogP contribution in [0.1, 0.15) is 86.7 Å². The van der Waals surface area contributed by atoms with Gasteiger partial charge in [-0.1, -0.05) is 35.0 Å². The predicted octanol–water partition coefficient (Wildman–Crippen LogP) is 5.18. The molecule has 4 heterocycles. The Morgan fingerprint density at radius 2 is 1.53 bits per heavy atom. The first-order valence-corrected chi connectivity index (χ1v) is 16.8. The number of halogens is 1. The molecule has 4 aliphatic heterocycles. The van der Waals surface area contributed by atoms with Crippen molar-refractivity contribution >= 4 is 56.6 Å². The number of benzene rings is 2. The van der Waals surface area contributed by atoms with E-state index in [9.17, 15) is 24.0 Å². The minimum absolute atomic E-state index is 0.00123. The number of rotatable bonds is 10. The van der Waals surface area contributed by atoms with Gasteiger partial charge in [0.05, 0.1) is 11.3 Å². The second kappa shape index (κ2) is 12.9. The first-order chi connectivity index (χ1) is 21.7. The summed E-state index contributed by atoms with van der Waals surface area (Å²) >= 11 is 3.40. The summed E-state index contributed by atoms with van der Waals surface area (Å²) in [5.74, 6) is -0.478. The molecular weight excluding hydrogens is 636 g/mol. The third-order valence-corrected chi connectivity index (χ3v) is 10.4. The van der Waals surface area contributed by atoms with Crippen molar-refractivity contribution in [1.82, 2.24) is 14.7 Å². The molecule has 0 aliphatic carbocycles. The van der Waals surface area contributed by atoms with Crippen molar-refractivity contribution in [2.24, 2.45) is 0 Å². The molecule has 6 rings (SSSR count). The van der Waals surface area contributed by atoms with E-state index in [0.717, 1.165) is 36.8 Å². The van der Waals surface area contributed by atoms with E-state index in [1.54, 1.807) is 42.5 Å². The van der Waals surface area contributed by atoms with Crippen molar-refractivity contribution in [1.29, 1.82) is 0 Å². The molecule has 0 saturated carbocycles. The maximum atomic E-state index is 14.2. The Morgan fingerprint density at radius 3 is 2.18 bits per heavy atom. The fourth-order valence-electron chi connectivity index (χ4n) is 7.52. The predicted molar refractivity (Wildman–Crippen MR) is 174 cm³/mol. The van der Waals surface area contributed by atoms with Crippen molar-refractivity contribution in [2.75, 3.05) is 25.0 Å². The number of hydrogen-bond acceptors (Lipinski definition) is 5. The van der Waals surface area contributed by atoms with Gasteiger partial charge in [-0.25, -0.2) is 0 Å². The number of nitrogens with zero attached hydrogens (tertiary/aromatic N) is 3. The number of ketones is 1. The molecule has 3 atom stereocenters. The second-order valence-electron chi connectivity index (χ2n) is 12.5. The van der Waals surface area contributed by atoms with Crippen LogP contribution in [0.15, 0.2) is 52.5 Å². The number of para-hydroxylation sites is 1. The van der Waals surface area contributed by atoms with Gasteiger partial charge in [-0.15, -0.1) is 0 Å². The minimum Gasteiger partial charge on any atom is -0.340 e. The number of amides is 4. The molecule has 3 unspecified atom stereocenters. The van der Waals surface area contributed by atoms with Gasteiger partial charge < -0.3 is 20.0 Å². The smallest absolute Gasteiger partial charge is 0.256 e. The number of carbonyl (C=O) groups excluding carboxylic acids is 5. The van der Waals surface area contributed by atoms with Crippen LogP contribution in [0.4, 0.5) is 5.69 Å². The molecule has 9 nitrogen and oxygen atoms in total. The van der Waals surface area contributed by atoms with Crippen molar-refractivity contribution in [2.45, 2.75) is 83.3 Å². The maximum absolute atomic E-state index is 14.2. The summed E-state index contributed by atoms with van der Waals surface area (Å²) in [5, 5.41) is 2.89. The Bertz CT molecular complexity index is 1580. The number of fused-ring (bicyclic) bond motifs is 1. The first kappa shape index (κ1) is 31.2. The van der Waals surface area contributed by atoms with Gasteiger partial charge in [0.15, 0.2) is 5.78 Å². The normalized spacial score (nSPS) is 21.9. The Balaban J connectivity index is 1.31. The fourth-order valence-corrected chi connectivity index (χ4v) is 7.79. The highest BCUT2D eigenvalue weighted by molar-refractivity contribution is 9.10. The van der Waals surface area contributed by atoms with E-state index in [2.05, 4.69) is 28.2 Å². The minimum atomic E-state index is -0.382. The molecule has 0 radical (unpaired) electrons. The largest absolute Gasteiger partial charge is 0.340 e. The number of likely N-dealkylation sites (tertiary alicyclic amines) is 3. The SMILES string of the molecule is CCC(CC(CC(C)N1CCCC1=O)N1CCC(=C2C(=O)Nc3c(C(=O)c4ccc(Br)cc4)cccc32)C1=O)N1CCCC1=O. The van der Waals surface area contributed by atoms with Gasteiger partial charge >= 0.3 is 0 Å². The van der Waals surface area contributed by atoms with Crippen LogP contribution < -0.4 is 5.32 Å². The van der Waals surface area contributed by atoms with E-state index in [4.69, 9.17) is 0 Å². The number of anilines is 1. The molecule has 236 valence electrons. The van der Waals surface area contributed by atoms with Crippen molar-refractivity contribution < 1.29 is 24.0 Å². The van der Waals surface area contributed by atoms with Crippen molar-refractivity contribution in [3.63, 3.8) is 0 Å². The molecule has 2 aromatic carbocycles. The summed E-state index contributed by atoms with van der Waals surface area (Å²) in [6, 6.07) is 12.0. The van der Waals surface area contributed by atoms with E-state index in [0.29, 0.717) is 72.2 Å². The maximum Gasteiger partial charge on any atom is 0.256 e. The molecule has 4 amide bonds. The summed E-state index contributed by atoms with van der Waals surface area (Å²) in [6.45, 7) is 6.02. The Labute approximate surface area is 272 Å². The molecule has 3 fully saturated rings. The zero-order chi connectivity index (χ0) is 31.8. The summed E-state index contributed by atoms with van der Waals surface area (Å²) in [6.07, 6.45) is 5.20. The van der Waals surface area contributed by atoms with Gasteiger partial charge in [-0.3, -0.25) is 24.0 Å². The number of carbonyl (C=O) groups is 5. The molecule has 1 N–H and O–H groups in total. The van der Waals surface area contributed by atoms with Crippen LogP contribution in [-0.2, 0) is 19.2 Å². The standard InChI is InChI=1S/C35H39BrN4O5/c1-3-24(39-17-6-10-30(39)42)20-25(19-21(2)38-16-5-9-29(38)41)40-18-15-27(35(40)45)31-26-7-4-8-28(32(26)37-34(31)44)33(43)22-11-13-23(36)14-12-22/h4,7-8,11-14,21,24-25H,3,5-6,9-10,15-20H2,1-2H3,(H,37,44). The van der Waals surface area contributed by atoms with Crippen LogP contribution in [0.3, 0.4) is 0 Å². The van der Waals surface area contributed by atoms with Gasteiger partial charge in [-0.2, -0.15) is 0 Å². The Hall–Kier alpha value is -3.79. The number of nitrogens with one attached hydrogen (secondary N) is 1. The van der Waals surface area contributed by atoms with Crippen LogP contribution in [0.5, 0.6) is 0 Å².